The molecule has 20 heavy (non-hydrogen) atoms. The molecule has 1 fully saturated rings. The number of carbonyl (C=O) groups excluding carboxylic acids is 1. The summed E-state index contributed by atoms with van der Waals surface area (Å²) in [4.78, 5) is 12.5. The molecule has 6 heteroatoms. The van der Waals surface area contributed by atoms with Crippen LogP contribution in [0, 0.1) is 18.3 Å². The van der Waals surface area contributed by atoms with Crippen molar-refractivity contribution in [3.63, 3.8) is 0 Å². The van der Waals surface area contributed by atoms with Crippen LogP contribution < -0.4 is 11.1 Å². The van der Waals surface area contributed by atoms with Gasteiger partial charge >= 0.3 is 0 Å². The first-order valence-corrected chi connectivity index (χ1v) is 7.24. The summed E-state index contributed by atoms with van der Waals surface area (Å²) >= 11 is 3.42. The molecule has 1 saturated carbocycles. The van der Waals surface area contributed by atoms with Crippen molar-refractivity contribution in [2.45, 2.75) is 26.7 Å². The molecule has 0 saturated heterocycles. The molecule has 0 spiro atoms. The fraction of sp³-hybridized carbons (Fsp3) is 0.429. The van der Waals surface area contributed by atoms with Crippen LogP contribution in [0.15, 0.2) is 27.8 Å². The second kappa shape index (κ2) is 5.44. The van der Waals surface area contributed by atoms with Gasteiger partial charge in [-0.25, -0.2) is 0 Å². The van der Waals surface area contributed by atoms with E-state index < -0.39 is 5.41 Å². The number of amides is 1. The van der Waals surface area contributed by atoms with Crippen molar-refractivity contribution in [1.29, 1.82) is 0 Å². The van der Waals surface area contributed by atoms with E-state index in [1.165, 1.54) is 0 Å². The van der Waals surface area contributed by atoms with Crippen molar-refractivity contribution in [2.75, 3.05) is 5.32 Å². The number of rotatable bonds is 3. The van der Waals surface area contributed by atoms with E-state index >= 15 is 0 Å². The Balaban J connectivity index is 2.20. The molecule has 0 unspecified atom stereocenters. The molecule has 4 N–H and O–H groups in total. The average molecular weight is 340 g/mol. The Morgan fingerprint density at radius 1 is 1.55 bits per heavy atom. The Bertz CT molecular complexity index is 566. The number of carbonyl (C=O) groups is 1. The Hall–Kier alpha value is -1.56. The van der Waals surface area contributed by atoms with Gasteiger partial charge in [-0.05, 0) is 49.4 Å². The number of hydrogen-bond donors (Lipinski definition) is 3. The van der Waals surface area contributed by atoms with E-state index in [1.807, 2.05) is 32.0 Å². The van der Waals surface area contributed by atoms with Crippen LogP contribution in [0.2, 0.25) is 0 Å². The zero-order valence-corrected chi connectivity index (χ0v) is 13.1. The van der Waals surface area contributed by atoms with Gasteiger partial charge in [0.25, 0.3) is 0 Å². The topological polar surface area (TPSA) is 87.7 Å². The molecule has 5 nitrogen and oxygen atoms in total. The van der Waals surface area contributed by atoms with Crippen LogP contribution in [0.3, 0.4) is 0 Å². The van der Waals surface area contributed by atoms with Crippen LogP contribution in [0.25, 0.3) is 0 Å². The third-order valence-corrected chi connectivity index (χ3v) is 4.73. The highest BCUT2D eigenvalue weighted by Crippen LogP contribution is 2.46. The lowest BCUT2D eigenvalue weighted by atomic mass is 9.61. The van der Waals surface area contributed by atoms with Gasteiger partial charge in [-0.2, -0.15) is 0 Å². The highest BCUT2D eigenvalue weighted by Gasteiger charge is 2.52. The maximum atomic E-state index is 12.5. The van der Waals surface area contributed by atoms with Crippen molar-refractivity contribution < 1.29 is 10.0 Å². The predicted octanol–water partition coefficient (Wildman–Crippen LogP) is 2.86. The maximum Gasteiger partial charge on any atom is 0.238 e. The summed E-state index contributed by atoms with van der Waals surface area (Å²) in [5.74, 6) is 0.169. The lowest BCUT2D eigenvalue weighted by molar-refractivity contribution is -0.127. The monoisotopic (exact) mass is 339 g/mol. The first-order valence-electron chi connectivity index (χ1n) is 6.44. The van der Waals surface area contributed by atoms with Crippen LogP contribution >= 0.6 is 15.9 Å². The smallest absolute Gasteiger partial charge is 0.238 e. The van der Waals surface area contributed by atoms with Crippen molar-refractivity contribution in [3.8, 4) is 0 Å². The molecule has 0 heterocycles. The van der Waals surface area contributed by atoms with E-state index in [1.54, 1.807) is 0 Å². The summed E-state index contributed by atoms with van der Waals surface area (Å²) in [5, 5.41) is 14.8. The number of amidine groups is 1. The Kier molecular flexibility index (Phi) is 4.04. The SMILES string of the molecule is Cc1cc(NC(=O)C2(/C(N)=N/O)CC(C)C2)ccc1Br. The van der Waals surface area contributed by atoms with Gasteiger partial charge in [-0.1, -0.05) is 28.0 Å². The minimum atomic E-state index is -0.880. The fourth-order valence-electron chi connectivity index (χ4n) is 2.71. The summed E-state index contributed by atoms with van der Waals surface area (Å²) in [7, 11) is 0. The van der Waals surface area contributed by atoms with Crippen LogP contribution in [-0.4, -0.2) is 17.0 Å². The van der Waals surface area contributed by atoms with Crippen LogP contribution in [0.1, 0.15) is 25.3 Å². The first kappa shape index (κ1) is 14.8. The number of halogens is 1. The molecule has 1 aliphatic rings. The molecule has 0 radical (unpaired) electrons. The van der Waals surface area contributed by atoms with Gasteiger partial charge in [-0.15, -0.1) is 0 Å². The Morgan fingerprint density at radius 2 is 2.20 bits per heavy atom. The highest BCUT2D eigenvalue weighted by atomic mass is 79.9. The number of hydrogen-bond acceptors (Lipinski definition) is 3. The molecule has 0 atom stereocenters. The standard InChI is InChI=1S/C14H18BrN3O2/c1-8-6-14(7-8,12(16)18-20)13(19)17-10-3-4-11(15)9(2)5-10/h3-5,8,20H,6-7H2,1-2H3,(H2,16,18)(H,17,19). The van der Waals surface area contributed by atoms with Crippen molar-refractivity contribution in [2.24, 2.45) is 22.2 Å². The van der Waals surface area contributed by atoms with E-state index in [4.69, 9.17) is 10.9 Å². The van der Waals surface area contributed by atoms with Crippen LogP contribution in [0.5, 0.6) is 0 Å². The number of benzene rings is 1. The van der Waals surface area contributed by atoms with E-state index in [0.29, 0.717) is 24.4 Å². The minimum absolute atomic E-state index is 0.0121. The zero-order chi connectivity index (χ0) is 14.9. The van der Waals surface area contributed by atoms with E-state index in [9.17, 15) is 4.79 Å². The van der Waals surface area contributed by atoms with E-state index in [0.717, 1.165) is 10.0 Å². The number of oxime groups is 1. The van der Waals surface area contributed by atoms with Gasteiger partial charge in [0.1, 0.15) is 5.41 Å². The number of aryl methyl sites for hydroxylation is 1. The lowest BCUT2D eigenvalue weighted by Gasteiger charge is -2.43. The summed E-state index contributed by atoms with van der Waals surface area (Å²) in [6.45, 7) is 3.99. The zero-order valence-electron chi connectivity index (χ0n) is 11.5. The summed E-state index contributed by atoms with van der Waals surface area (Å²) in [6, 6.07) is 5.58. The summed E-state index contributed by atoms with van der Waals surface area (Å²) in [5.41, 5.74) is 6.57. The molecule has 0 aromatic heterocycles. The molecule has 1 aromatic rings. The molecule has 2 rings (SSSR count). The Labute approximate surface area is 126 Å². The van der Waals surface area contributed by atoms with Crippen molar-refractivity contribution in [3.05, 3.63) is 28.2 Å². The van der Waals surface area contributed by atoms with Gasteiger partial charge < -0.3 is 16.3 Å². The third-order valence-electron chi connectivity index (χ3n) is 3.84. The first-order chi connectivity index (χ1) is 9.39. The van der Waals surface area contributed by atoms with Crippen molar-refractivity contribution in [1.82, 2.24) is 0 Å². The second-order valence-electron chi connectivity index (χ2n) is 5.50. The molecule has 1 aromatic carbocycles. The second-order valence-corrected chi connectivity index (χ2v) is 6.35. The molecule has 1 amide bonds. The van der Waals surface area contributed by atoms with E-state index in [-0.39, 0.29) is 11.7 Å². The molecular formula is C14H18BrN3O2. The number of nitrogens with zero attached hydrogens (tertiary/aromatic N) is 1. The average Bonchev–Trinajstić information content (AvgIpc) is 2.38. The van der Waals surface area contributed by atoms with Gasteiger partial charge in [0.15, 0.2) is 5.84 Å². The molecule has 0 aliphatic heterocycles. The number of anilines is 1. The summed E-state index contributed by atoms with van der Waals surface area (Å²) in [6.07, 6.45) is 1.20. The summed E-state index contributed by atoms with van der Waals surface area (Å²) < 4.78 is 0.985. The maximum absolute atomic E-state index is 12.5. The van der Waals surface area contributed by atoms with Gasteiger partial charge in [-0.3, -0.25) is 4.79 Å². The van der Waals surface area contributed by atoms with Gasteiger partial charge in [0, 0.05) is 10.2 Å². The normalized spacial score (nSPS) is 25.9. The number of nitrogens with one attached hydrogen (secondary N) is 1. The molecular weight excluding hydrogens is 322 g/mol. The predicted molar refractivity (Wildman–Crippen MR) is 81.7 cm³/mol. The highest BCUT2D eigenvalue weighted by molar-refractivity contribution is 9.10. The molecule has 0 bridgehead atoms. The van der Waals surface area contributed by atoms with Gasteiger partial charge in [0.2, 0.25) is 5.91 Å². The third kappa shape index (κ3) is 2.52. The molecule has 1 aliphatic carbocycles. The van der Waals surface area contributed by atoms with Crippen molar-refractivity contribution >= 4 is 33.4 Å². The van der Waals surface area contributed by atoms with Crippen LogP contribution in [0.4, 0.5) is 5.69 Å². The largest absolute Gasteiger partial charge is 0.409 e. The minimum Gasteiger partial charge on any atom is -0.409 e. The van der Waals surface area contributed by atoms with E-state index in [2.05, 4.69) is 26.4 Å². The fourth-order valence-corrected chi connectivity index (χ4v) is 2.96. The van der Waals surface area contributed by atoms with Crippen LogP contribution in [-0.2, 0) is 4.79 Å². The Morgan fingerprint density at radius 3 is 2.70 bits per heavy atom. The van der Waals surface area contributed by atoms with Gasteiger partial charge in [0.05, 0.1) is 0 Å². The number of nitrogens with two attached hydrogens (primary N) is 1. The quantitative estimate of drug-likeness (QED) is 0.342. The lowest BCUT2D eigenvalue weighted by Crippen LogP contribution is -2.54. The molecule has 108 valence electrons.